The van der Waals surface area contributed by atoms with Gasteiger partial charge in [0, 0.05) is 9.90 Å². The number of nitrogens with one attached hydrogen (secondary N) is 2. The Morgan fingerprint density at radius 3 is 2.65 bits per heavy atom. The second-order valence-electron chi connectivity index (χ2n) is 5.12. The lowest BCUT2D eigenvalue weighted by atomic mass is 10.1. The highest BCUT2D eigenvalue weighted by atomic mass is 35.5. The number of rotatable bonds is 6. The van der Waals surface area contributed by atoms with Gasteiger partial charge in [-0.25, -0.2) is 4.79 Å². The molecule has 3 amide bonds. The van der Waals surface area contributed by atoms with Crippen LogP contribution in [-0.4, -0.2) is 11.9 Å². The Kier molecular flexibility index (Phi) is 6.01. The van der Waals surface area contributed by atoms with E-state index in [1.54, 1.807) is 6.07 Å². The Balaban J connectivity index is 2.00. The summed E-state index contributed by atoms with van der Waals surface area (Å²) in [5.41, 5.74) is 6.11. The van der Waals surface area contributed by atoms with Gasteiger partial charge in [-0.3, -0.25) is 4.79 Å². The Bertz CT molecular complexity index is 676. The molecule has 5 nitrogen and oxygen atoms in total. The zero-order valence-corrected chi connectivity index (χ0v) is 14.2. The van der Waals surface area contributed by atoms with Crippen molar-refractivity contribution >= 4 is 34.9 Å². The van der Waals surface area contributed by atoms with Crippen molar-refractivity contribution in [2.45, 2.75) is 25.4 Å². The van der Waals surface area contributed by atoms with E-state index in [9.17, 15) is 9.59 Å². The van der Waals surface area contributed by atoms with E-state index >= 15 is 0 Å². The van der Waals surface area contributed by atoms with Gasteiger partial charge in [-0.1, -0.05) is 29.8 Å². The number of urea groups is 1. The summed E-state index contributed by atoms with van der Waals surface area (Å²) in [5.74, 6) is -0.176. The van der Waals surface area contributed by atoms with Crippen LogP contribution in [0.3, 0.4) is 0 Å². The SMILES string of the molecule is C[C@@H](NC(=O)C[C@H](NC(N)=O)c1cccs1)c1cccc(Cl)c1. The normalized spacial score (nSPS) is 13.1. The zero-order valence-electron chi connectivity index (χ0n) is 12.6. The van der Waals surface area contributed by atoms with Gasteiger partial charge in [0.05, 0.1) is 18.5 Å². The number of hydrogen-bond acceptors (Lipinski definition) is 3. The van der Waals surface area contributed by atoms with E-state index in [4.69, 9.17) is 17.3 Å². The fourth-order valence-electron chi connectivity index (χ4n) is 2.23. The molecule has 2 aromatic rings. The van der Waals surface area contributed by atoms with E-state index in [1.807, 2.05) is 42.6 Å². The molecule has 4 N–H and O–H groups in total. The Morgan fingerprint density at radius 1 is 1.26 bits per heavy atom. The molecular weight excluding hydrogens is 334 g/mol. The molecule has 122 valence electrons. The molecule has 0 saturated heterocycles. The third-order valence-electron chi connectivity index (χ3n) is 3.32. The predicted octanol–water partition coefficient (Wildman–Crippen LogP) is 3.38. The molecule has 0 radical (unpaired) electrons. The number of thiophene rings is 1. The van der Waals surface area contributed by atoms with Gasteiger partial charge in [-0.15, -0.1) is 11.3 Å². The monoisotopic (exact) mass is 351 g/mol. The van der Waals surface area contributed by atoms with Crippen LogP contribution < -0.4 is 16.4 Å². The standard InChI is InChI=1S/C16H18ClN3O2S/c1-10(11-4-2-5-12(17)8-11)19-15(21)9-13(20-16(18)22)14-6-3-7-23-14/h2-8,10,13H,9H2,1H3,(H,19,21)(H3,18,20,22)/t10-,13+/m1/s1. The number of amides is 3. The van der Waals surface area contributed by atoms with Gasteiger partial charge in [0.2, 0.25) is 5.91 Å². The van der Waals surface area contributed by atoms with Gasteiger partial charge >= 0.3 is 6.03 Å². The minimum Gasteiger partial charge on any atom is -0.352 e. The summed E-state index contributed by atoms with van der Waals surface area (Å²) in [5, 5.41) is 8.01. The van der Waals surface area contributed by atoms with E-state index in [1.165, 1.54) is 11.3 Å². The maximum Gasteiger partial charge on any atom is 0.312 e. The molecule has 0 aliphatic carbocycles. The molecule has 0 saturated carbocycles. The Hall–Kier alpha value is -2.05. The first kappa shape index (κ1) is 17.3. The maximum absolute atomic E-state index is 12.3. The summed E-state index contributed by atoms with van der Waals surface area (Å²) >= 11 is 7.43. The first-order valence-corrected chi connectivity index (χ1v) is 8.35. The van der Waals surface area contributed by atoms with Crippen molar-refractivity contribution < 1.29 is 9.59 Å². The predicted molar refractivity (Wildman–Crippen MR) is 92.4 cm³/mol. The van der Waals surface area contributed by atoms with Gasteiger partial charge in [-0.2, -0.15) is 0 Å². The number of hydrogen-bond donors (Lipinski definition) is 3. The molecule has 7 heteroatoms. The molecule has 2 atom stereocenters. The number of benzene rings is 1. The molecule has 23 heavy (non-hydrogen) atoms. The van der Waals surface area contributed by atoms with Crippen LogP contribution in [0.15, 0.2) is 41.8 Å². The molecule has 1 aromatic heterocycles. The van der Waals surface area contributed by atoms with Crippen molar-refractivity contribution in [2.24, 2.45) is 5.73 Å². The van der Waals surface area contributed by atoms with Gasteiger partial charge in [0.25, 0.3) is 0 Å². The lowest BCUT2D eigenvalue weighted by Crippen LogP contribution is -2.36. The number of halogens is 1. The molecule has 1 aromatic carbocycles. The van der Waals surface area contributed by atoms with Crippen molar-refractivity contribution in [1.29, 1.82) is 0 Å². The summed E-state index contributed by atoms with van der Waals surface area (Å²) < 4.78 is 0. The molecular formula is C16H18ClN3O2S. The topological polar surface area (TPSA) is 84.2 Å². The fourth-order valence-corrected chi connectivity index (χ4v) is 3.21. The van der Waals surface area contributed by atoms with E-state index < -0.39 is 12.1 Å². The van der Waals surface area contributed by atoms with Crippen LogP contribution in [-0.2, 0) is 4.79 Å². The molecule has 0 spiro atoms. The lowest BCUT2D eigenvalue weighted by Gasteiger charge is -2.19. The average Bonchev–Trinajstić information content (AvgIpc) is 3.00. The van der Waals surface area contributed by atoms with Crippen molar-refractivity contribution in [3.8, 4) is 0 Å². The molecule has 0 unspecified atom stereocenters. The Labute approximate surface area is 143 Å². The van der Waals surface area contributed by atoms with Crippen LogP contribution >= 0.6 is 22.9 Å². The third kappa shape index (κ3) is 5.26. The molecule has 2 rings (SSSR count). The maximum atomic E-state index is 12.3. The highest BCUT2D eigenvalue weighted by molar-refractivity contribution is 7.10. The van der Waals surface area contributed by atoms with Gasteiger partial charge in [0.15, 0.2) is 0 Å². The number of carbonyl (C=O) groups excluding carboxylic acids is 2. The van der Waals surface area contributed by atoms with E-state index in [0.29, 0.717) is 5.02 Å². The Morgan fingerprint density at radius 2 is 2.04 bits per heavy atom. The van der Waals surface area contributed by atoms with E-state index in [-0.39, 0.29) is 18.4 Å². The number of carbonyl (C=O) groups is 2. The van der Waals surface area contributed by atoms with Gasteiger partial charge in [0.1, 0.15) is 0 Å². The first-order chi connectivity index (χ1) is 11.0. The van der Waals surface area contributed by atoms with Crippen LogP contribution in [0.1, 0.15) is 35.9 Å². The minimum atomic E-state index is -0.654. The smallest absolute Gasteiger partial charge is 0.312 e. The number of nitrogens with two attached hydrogens (primary N) is 1. The zero-order chi connectivity index (χ0) is 16.8. The van der Waals surface area contributed by atoms with E-state index in [2.05, 4.69) is 10.6 Å². The summed E-state index contributed by atoms with van der Waals surface area (Å²) in [4.78, 5) is 24.3. The molecule has 0 fully saturated rings. The molecule has 0 aliphatic heterocycles. The second-order valence-corrected chi connectivity index (χ2v) is 6.54. The molecule has 1 heterocycles. The van der Waals surface area contributed by atoms with Gasteiger partial charge in [-0.05, 0) is 36.1 Å². The lowest BCUT2D eigenvalue weighted by molar-refractivity contribution is -0.122. The van der Waals surface area contributed by atoms with Crippen LogP contribution in [0.5, 0.6) is 0 Å². The van der Waals surface area contributed by atoms with Gasteiger partial charge < -0.3 is 16.4 Å². The summed E-state index contributed by atoms with van der Waals surface area (Å²) in [7, 11) is 0. The van der Waals surface area contributed by atoms with Crippen molar-refractivity contribution in [1.82, 2.24) is 10.6 Å². The molecule has 0 aliphatic rings. The fraction of sp³-hybridized carbons (Fsp3) is 0.250. The number of primary amides is 1. The summed E-state index contributed by atoms with van der Waals surface area (Å²) in [6, 6.07) is 9.78. The van der Waals surface area contributed by atoms with E-state index in [0.717, 1.165) is 10.4 Å². The highest BCUT2D eigenvalue weighted by Gasteiger charge is 2.19. The van der Waals surface area contributed by atoms with Crippen LogP contribution in [0.4, 0.5) is 4.79 Å². The van der Waals surface area contributed by atoms with Crippen LogP contribution in [0.2, 0.25) is 5.02 Å². The first-order valence-electron chi connectivity index (χ1n) is 7.10. The highest BCUT2D eigenvalue weighted by Crippen LogP contribution is 2.23. The summed E-state index contributed by atoms with van der Waals surface area (Å²) in [6.45, 7) is 1.88. The van der Waals surface area contributed by atoms with Crippen molar-refractivity contribution in [3.05, 3.63) is 57.2 Å². The van der Waals surface area contributed by atoms with Crippen molar-refractivity contribution in [3.63, 3.8) is 0 Å². The second kappa shape index (κ2) is 7.99. The quantitative estimate of drug-likeness (QED) is 0.745. The van der Waals surface area contributed by atoms with Crippen LogP contribution in [0, 0.1) is 0 Å². The largest absolute Gasteiger partial charge is 0.352 e. The molecule has 0 bridgehead atoms. The minimum absolute atomic E-state index is 0.119. The average molecular weight is 352 g/mol. The third-order valence-corrected chi connectivity index (χ3v) is 4.54. The van der Waals surface area contributed by atoms with Crippen molar-refractivity contribution in [2.75, 3.05) is 0 Å². The summed E-state index contributed by atoms with van der Waals surface area (Å²) in [6.07, 6.45) is 0.119. The van der Waals surface area contributed by atoms with Crippen LogP contribution in [0.25, 0.3) is 0 Å².